The zero-order valence-electron chi connectivity index (χ0n) is 20.7. The van der Waals surface area contributed by atoms with Crippen molar-refractivity contribution in [3.63, 3.8) is 0 Å². The number of fused-ring (bicyclic) bond motifs is 1. The molecular weight excluding hydrogens is 463 g/mol. The molecule has 0 saturated carbocycles. The molecule has 188 valence electrons. The Kier molecular flexibility index (Phi) is 7.15. The van der Waals surface area contributed by atoms with Crippen LogP contribution < -0.4 is 19.7 Å². The van der Waals surface area contributed by atoms with E-state index < -0.39 is 23.6 Å². The van der Waals surface area contributed by atoms with Gasteiger partial charge in [-0.2, -0.15) is 0 Å². The molecule has 1 unspecified atom stereocenters. The van der Waals surface area contributed by atoms with E-state index in [4.69, 9.17) is 9.47 Å². The SMILES string of the molecule is Cc1c(OC[C@@H]2CN(C)c3ccccc3O2)ccc(C(=O)Nc2cc(C(C)C(=O)O)ccc2F)c1C. The van der Waals surface area contributed by atoms with E-state index in [0.29, 0.717) is 35.6 Å². The fourth-order valence-corrected chi connectivity index (χ4v) is 4.20. The number of likely N-dealkylation sites (N-methyl/N-ethyl adjacent to an activating group) is 1. The predicted octanol–water partition coefficient (Wildman–Crippen LogP) is 5.16. The van der Waals surface area contributed by atoms with E-state index >= 15 is 0 Å². The highest BCUT2D eigenvalue weighted by Crippen LogP contribution is 2.32. The summed E-state index contributed by atoms with van der Waals surface area (Å²) in [7, 11) is 2.01. The van der Waals surface area contributed by atoms with Crippen LogP contribution in [0.2, 0.25) is 0 Å². The van der Waals surface area contributed by atoms with Gasteiger partial charge in [-0.15, -0.1) is 0 Å². The molecule has 0 radical (unpaired) electrons. The first-order valence-electron chi connectivity index (χ1n) is 11.7. The Bertz CT molecular complexity index is 1310. The van der Waals surface area contributed by atoms with Gasteiger partial charge in [-0.1, -0.05) is 18.2 Å². The number of nitrogens with one attached hydrogen (secondary N) is 1. The molecule has 36 heavy (non-hydrogen) atoms. The molecule has 7 nitrogen and oxygen atoms in total. The van der Waals surface area contributed by atoms with Crippen LogP contribution in [0.4, 0.5) is 15.8 Å². The molecule has 0 fully saturated rings. The highest BCUT2D eigenvalue weighted by Gasteiger charge is 2.24. The largest absolute Gasteiger partial charge is 0.489 e. The van der Waals surface area contributed by atoms with Crippen molar-refractivity contribution in [2.75, 3.05) is 30.4 Å². The number of anilines is 2. The third-order valence-electron chi connectivity index (χ3n) is 6.56. The second-order valence-corrected chi connectivity index (χ2v) is 9.01. The van der Waals surface area contributed by atoms with E-state index in [0.717, 1.165) is 23.1 Å². The number of amides is 1. The molecule has 1 aliphatic heterocycles. The summed E-state index contributed by atoms with van der Waals surface area (Å²) in [4.78, 5) is 26.4. The first kappa shape index (κ1) is 25.0. The maximum Gasteiger partial charge on any atom is 0.310 e. The van der Waals surface area contributed by atoms with Gasteiger partial charge in [-0.3, -0.25) is 9.59 Å². The summed E-state index contributed by atoms with van der Waals surface area (Å²) in [5.74, 6) is -1.54. The first-order valence-corrected chi connectivity index (χ1v) is 11.7. The normalized spacial score (nSPS) is 15.5. The number of carboxylic acid groups (broad SMARTS) is 1. The summed E-state index contributed by atoms with van der Waals surface area (Å²) in [5, 5.41) is 11.8. The zero-order chi connectivity index (χ0) is 26.0. The van der Waals surface area contributed by atoms with Crippen molar-refractivity contribution >= 4 is 23.3 Å². The minimum Gasteiger partial charge on any atom is -0.489 e. The summed E-state index contributed by atoms with van der Waals surface area (Å²) in [6.45, 7) is 6.19. The van der Waals surface area contributed by atoms with Crippen LogP contribution in [0.1, 0.15) is 39.9 Å². The summed E-state index contributed by atoms with van der Waals surface area (Å²) in [5.41, 5.74) is 3.23. The number of halogens is 1. The van der Waals surface area contributed by atoms with Crippen LogP contribution in [0.5, 0.6) is 11.5 Å². The number of benzene rings is 3. The second-order valence-electron chi connectivity index (χ2n) is 9.01. The second kappa shape index (κ2) is 10.3. The van der Waals surface area contributed by atoms with Crippen LogP contribution in [0, 0.1) is 19.7 Å². The van der Waals surface area contributed by atoms with Gasteiger partial charge in [0.2, 0.25) is 0 Å². The van der Waals surface area contributed by atoms with Gasteiger partial charge < -0.3 is 24.8 Å². The van der Waals surface area contributed by atoms with Gasteiger partial charge in [-0.25, -0.2) is 4.39 Å². The molecule has 0 aromatic heterocycles. The molecule has 2 N–H and O–H groups in total. The molecule has 1 heterocycles. The van der Waals surface area contributed by atoms with E-state index in [1.54, 1.807) is 19.1 Å². The molecule has 0 aliphatic carbocycles. The van der Waals surface area contributed by atoms with Gasteiger partial charge >= 0.3 is 5.97 Å². The lowest BCUT2D eigenvalue weighted by atomic mass is 10.00. The van der Waals surface area contributed by atoms with E-state index in [2.05, 4.69) is 10.2 Å². The summed E-state index contributed by atoms with van der Waals surface area (Å²) < 4.78 is 26.5. The van der Waals surface area contributed by atoms with Crippen LogP contribution in [0.15, 0.2) is 54.6 Å². The van der Waals surface area contributed by atoms with Gasteiger partial charge in [0.15, 0.2) is 0 Å². The minimum absolute atomic E-state index is 0.0678. The van der Waals surface area contributed by atoms with E-state index in [-0.39, 0.29) is 11.8 Å². The Labute approximate surface area is 209 Å². The topological polar surface area (TPSA) is 88.1 Å². The summed E-state index contributed by atoms with van der Waals surface area (Å²) in [6.07, 6.45) is -0.156. The highest BCUT2D eigenvalue weighted by atomic mass is 19.1. The molecule has 3 aromatic rings. The van der Waals surface area contributed by atoms with Gasteiger partial charge in [0.1, 0.15) is 30.0 Å². The third kappa shape index (κ3) is 5.12. The number of carboxylic acids is 1. The Hall–Kier alpha value is -4.07. The van der Waals surface area contributed by atoms with Crippen molar-refractivity contribution in [2.24, 2.45) is 0 Å². The van der Waals surface area contributed by atoms with Crippen molar-refractivity contribution in [1.29, 1.82) is 0 Å². The van der Waals surface area contributed by atoms with E-state index in [1.165, 1.54) is 19.1 Å². The third-order valence-corrected chi connectivity index (χ3v) is 6.56. The number of ether oxygens (including phenoxy) is 2. The minimum atomic E-state index is -1.03. The molecule has 1 aliphatic rings. The van der Waals surface area contributed by atoms with Gasteiger partial charge in [0.05, 0.1) is 23.8 Å². The number of carbonyl (C=O) groups excluding carboxylic acids is 1. The molecule has 0 saturated heterocycles. The number of hydrogen-bond donors (Lipinski definition) is 2. The van der Waals surface area contributed by atoms with E-state index in [9.17, 15) is 19.1 Å². The van der Waals surface area contributed by atoms with Crippen molar-refractivity contribution in [3.8, 4) is 11.5 Å². The maximum absolute atomic E-state index is 14.4. The Morgan fingerprint density at radius 2 is 1.92 bits per heavy atom. The number of hydrogen-bond acceptors (Lipinski definition) is 5. The Morgan fingerprint density at radius 3 is 2.67 bits per heavy atom. The molecule has 4 rings (SSSR count). The Morgan fingerprint density at radius 1 is 1.17 bits per heavy atom. The lowest BCUT2D eigenvalue weighted by Gasteiger charge is -2.33. The molecule has 3 aromatic carbocycles. The maximum atomic E-state index is 14.4. The molecule has 8 heteroatoms. The molecule has 2 atom stereocenters. The number of rotatable bonds is 7. The number of nitrogens with zero attached hydrogens (tertiary/aromatic N) is 1. The van der Waals surface area contributed by atoms with Gasteiger partial charge in [-0.05, 0) is 73.9 Å². The molecule has 0 bridgehead atoms. The van der Waals surface area contributed by atoms with Crippen LogP contribution in [0.25, 0.3) is 0 Å². The molecule has 0 spiro atoms. The van der Waals surface area contributed by atoms with Gasteiger partial charge in [0, 0.05) is 12.6 Å². The van der Waals surface area contributed by atoms with Gasteiger partial charge in [0.25, 0.3) is 5.91 Å². The fourth-order valence-electron chi connectivity index (χ4n) is 4.20. The average Bonchev–Trinajstić information content (AvgIpc) is 2.85. The predicted molar refractivity (Wildman–Crippen MR) is 136 cm³/mol. The smallest absolute Gasteiger partial charge is 0.310 e. The zero-order valence-corrected chi connectivity index (χ0v) is 20.7. The fraction of sp³-hybridized carbons (Fsp3) is 0.286. The molecular formula is C28H29FN2O5. The number of para-hydroxylation sites is 2. The van der Waals surface area contributed by atoms with Crippen LogP contribution >= 0.6 is 0 Å². The summed E-state index contributed by atoms with van der Waals surface area (Å²) >= 11 is 0. The lowest BCUT2D eigenvalue weighted by molar-refractivity contribution is -0.138. The quantitative estimate of drug-likeness (QED) is 0.474. The highest BCUT2D eigenvalue weighted by molar-refractivity contribution is 6.05. The van der Waals surface area contributed by atoms with Crippen molar-refractivity contribution < 1.29 is 28.6 Å². The number of aliphatic carboxylic acids is 1. The van der Waals surface area contributed by atoms with Crippen molar-refractivity contribution in [1.82, 2.24) is 0 Å². The van der Waals surface area contributed by atoms with E-state index in [1.807, 2.05) is 38.2 Å². The monoisotopic (exact) mass is 492 g/mol. The average molecular weight is 493 g/mol. The standard InChI is InChI=1S/C28H29FN2O5/c1-16-17(2)25(35-15-20-14-31(4)24-7-5-6-8-26(24)36-20)12-10-21(16)27(32)30-23-13-19(9-11-22(23)29)18(3)28(33)34/h5-13,18,20H,14-15H2,1-4H3,(H,30,32)(H,33,34)/t18?,20-/m0/s1. The first-order chi connectivity index (χ1) is 17.2. The lowest BCUT2D eigenvalue weighted by Crippen LogP contribution is -2.41. The number of carbonyl (C=O) groups is 2. The molecule has 1 amide bonds. The van der Waals surface area contributed by atoms with Crippen molar-refractivity contribution in [2.45, 2.75) is 32.8 Å². The van der Waals surface area contributed by atoms with Crippen LogP contribution in [-0.4, -0.2) is 43.3 Å². The van der Waals surface area contributed by atoms with Crippen LogP contribution in [-0.2, 0) is 4.79 Å². The van der Waals surface area contributed by atoms with Crippen LogP contribution in [0.3, 0.4) is 0 Å². The summed E-state index contributed by atoms with van der Waals surface area (Å²) in [6, 6.07) is 15.1. The Balaban J connectivity index is 1.46. The van der Waals surface area contributed by atoms with Crippen molar-refractivity contribution in [3.05, 3.63) is 82.7 Å².